The van der Waals surface area contributed by atoms with E-state index in [1.165, 1.54) is 35.5 Å². The molecule has 0 bridgehead atoms. The number of aromatic nitrogens is 1. The van der Waals surface area contributed by atoms with Crippen LogP contribution >= 0.6 is 11.3 Å². The molecule has 0 aliphatic heterocycles. The van der Waals surface area contributed by atoms with Crippen LogP contribution in [0.2, 0.25) is 0 Å². The molecule has 0 saturated carbocycles. The number of carbonyl (C=O) groups is 1. The van der Waals surface area contributed by atoms with Gasteiger partial charge in [-0.1, -0.05) is 0 Å². The maximum atomic E-state index is 10.9. The molecule has 1 aliphatic carbocycles. The summed E-state index contributed by atoms with van der Waals surface area (Å²) in [7, 11) is 0. The fourth-order valence-corrected chi connectivity index (χ4v) is 3.39. The van der Waals surface area contributed by atoms with E-state index in [-0.39, 0.29) is 5.56 Å². The molecule has 4 N–H and O–H groups in total. The van der Waals surface area contributed by atoms with E-state index in [1.807, 2.05) is 0 Å². The summed E-state index contributed by atoms with van der Waals surface area (Å²) in [5, 5.41) is 12.9. The molecule has 1 aromatic carbocycles. The number of nitrogen functional groups attached to an aromatic ring is 1. The summed E-state index contributed by atoms with van der Waals surface area (Å²) in [6, 6.07) is 4.67. The van der Waals surface area contributed by atoms with Crippen molar-refractivity contribution < 1.29 is 9.90 Å². The summed E-state index contributed by atoms with van der Waals surface area (Å²) in [6.45, 7) is 0. The summed E-state index contributed by atoms with van der Waals surface area (Å²) in [5.41, 5.74) is 8.36. The minimum Gasteiger partial charge on any atom is -0.478 e. The van der Waals surface area contributed by atoms with Gasteiger partial charge in [0.1, 0.15) is 0 Å². The van der Waals surface area contributed by atoms with E-state index in [0.717, 1.165) is 18.0 Å². The van der Waals surface area contributed by atoms with Gasteiger partial charge in [0.05, 0.1) is 22.6 Å². The van der Waals surface area contributed by atoms with Gasteiger partial charge in [0.25, 0.3) is 0 Å². The molecule has 6 heteroatoms. The van der Waals surface area contributed by atoms with E-state index < -0.39 is 5.97 Å². The number of nitrogens with zero attached hydrogens (tertiary/aromatic N) is 1. The Kier molecular flexibility index (Phi) is 3.31. The summed E-state index contributed by atoms with van der Waals surface area (Å²) < 4.78 is 0. The van der Waals surface area contributed by atoms with Gasteiger partial charge >= 0.3 is 5.97 Å². The number of fused-ring (bicyclic) bond motifs is 1. The lowest BCUT2D eigenvalue weighted by atomic mass is 10.0. The quantitative estimate of drug-likeness (QED) is 0.756. The number of aryl methyl sites for hydroxylation is 2. The van der Waals surface area contributed by atoms with Crippen LogP contribution in [-0.4, -0.2) is 16.1 Å². The number of nitrogens with one attached hydrogen (secondary N) is 1. The van der Waals surface area contributed by atoms with Crippen LogP contribution in [0, 0.1) is 0 Å². The van der Waals surface area contributed by atoms with Crippen LogP contribution in [0.3, 0.4) is 0 Å². The van der Waals surface area contributed by atoms with Crippen molar-refractivity contribution in [2.24, 2.45) is 0 Å². The third kappa shape index (κ3) is 2.46. The predicted octanol–water partition coefficient (Wildman–Crippen LogP) is 3.05. The third-order valence-electron chi connectivity index (χ3n) is 3.39. The van der Waals surface area contributed by atoms with E-state index in [0.29, 0.717) is 11.4 Å². The minimum absolute atomic E-state index is 0.187. The molecule has 0 amide bonds. The van der Waals surface area contributed by atoms with E-state index in [2.05, 4.69) is 10.3 Å². The number of benzene rings is 1. The molecule has 20 heavy (non-hydrogen) atoms. The van der Waals surface area contributed by atoms with Gasteiger partial charge in [-0.15, -0.1) is 11.3 Å². The lowest BCUT2D eigenvalue weighted by Crippen LogP contribution is -2.01. The second kappa shape index (κ2) is 5.13. The number of aromatic carboxylic acids is 1. The number of carboxylic acid groups (broad SMARTS) is 1. The van der Waals surface area contributed by atoms with E-state index in [1.54, 1.807) is 17.4 Å². The van der Waals surface area contributed by atoms with Crippen molar-refractivity contribution in [3.05, 3.63) is 34.3 Å². The smallest absolute Gasteiger partial charge is 0.335 e. The Morgan fingerprint density at radius 1 is 1.35 bits per heavy atom. The van der Waals surface area contributed by atoms with Gasteiger partial charge < -0.3 is 16.2 Å². The summed E-state index contributed by atoms with van der Waals surface area (Å²) in [4.78, 5) is 16.8. The molecule has 1 heterocycles. The average molecular weight is 289 g/mol. The zero-order valence-electron chi connectivity index (χ0n) is 10.8. The monoisotopic (exact) mass is 289 g/mol. The highest BCUT2D eigenvalue weighted by Crippen LogP contribution is 2.32. The van der Waals surface area contributed by atoms with Crippen molar-refractivity contribution in [3.8, 4) is 0 Å². The summed E-state index contributed by atoms with van der Waals surface area (Å²) in [5.74, 6) is -0.979. The SMILES string of the molecule is Nc1cc(C(=O)O)ccc1Nc1nc2c(s1)CCCC2. The van der Waals surface area contributed by atoms with Gasteiger partial charge in [0.15, 0.2) is 5.13 Å². The lowest BCUT2D eigenvalue weighted by Gasteiger charge is -2.07. The maximum Gasteiger partial charge on any atom is 0.335 e. The number of hydrogen-bond acceptors (Lipinski definition) is 5. The highest BCUT2D eigenvalue weighted by atomic mass is 32.1. The Labute approximate surface area is 120 Å². The fourth-order valence-electron chi connectivity index (χ4n) is 2.33. The van der Waals surface area contributed by atoms with Crippen LogP contribution in [-0.2, 0) is 12.8 Å². The van der Waals surface area contributed by atoms with Crippen molar-refractivity contribution in [1.82, 2.24) is 4.98 Å². The normalized spacial score (nSPS) is 13.8. The van der Waals surface area contributed by atoms with Crippen molar-refractivity contribution >= 4 is 33.8 Å². The number of thiazole rings is 1. The largest absolute Gasteiger partial charge is 0.478 e. The molecule has 5 nitrogen and oxygen atoms in total. The first-order chi connectivity index (χ1) is 9.63. The van der Waals surface area contributed by atoms with Gasteiger partial charge in [0.2, 0.25) is 0 Å². The maximum absolute atomic E-state index is 10.9. The molecule has 0 fully saturated rings. The van der Waals surface area contributed by atoms with Crippen molar-refractivity contribution in [2.45, 2.75) is 25.7 Å². The van der Waals surface area contributed by atoms with Crippen LogP contribution < -0.4 is 11.1 Å². The molecule has 3 rings (SSSR count). The van der Waals surface area contributed by atoms with E-state index >= 15 is 0 Å². The number of rotatable bonds is 3. The first-order valence-corrected chi connectivity index (χ1v) is 7.33. The molecule has 1 aromatic heterocycles. The molecule has 0 spiro atoms. The fraction of sp³-hybridized carbons (Fsp3) is 0.286. The number of nitrogens with two attached hydrogens (primary N) is 1. The highest BCUT2D eigenvalue weighted by Gasteiger charge is 2.15. The van der Waals surface area contributed by atoms with Gasteiger partial charge in [0, 0.05) is 4.88 Å². The standard InChI is InChI=1S/C14H15N3O2S/c15-9-7-8(13(18)19)5-6-10(9)16-14-17-11-3-1-2-4-12(11)20-14/h5-7H,1-4,15H2,(H,16,17)(H,18,19). The minimum atomic E-state index is -0.979. The zero-order chi connectivity index (χ0) is 14.1. The van der Waals surface area contributed by atoms with Gasteiger partial charge in [-0.25, -0.2) is 9.78 Å². The van der Waals surface area contributed by atoms with Crippen molar-refractivity contribution in [2.75, 3.05) is 11.1 Å². The Hall–Kier alpha value is -2.08. The molecule has 0 saturated heterocycles. The van der Waals surface area contributed by atoms with Crippen LogP contribution in [0.25, 0.3) is 0 Å². The molecule has 0 unspecified atom stereocenters. The first-order valence-electron chi connectivity index (χ1n) is 6.52. The van der Waals surface area contributed by atoms with Crippen molar-refractivity contribution in [3.63, 3.8) is 0 Å². The second-order valence-electron chi connectivity index (χ2n) is 4.83. The molecular weight excluding hydrogens is 274 g/mol. The second-order valence-corrected chi connectivity index (χ2v) is 5.91. The predicted molar refractivity (Wildman–Crippen MR) is 79.9 cm³/mol. The topological polar surface area (TPSA) is 88.2 Å². The number of carboxylic acids is 1. The average Bonchev–Trinajstić information content (AvgIpc) is 2.83. The molecule has 0 radical (unpaired) electrons. The lowest BCUT2D eigenvalue weighted by molar-refractivity contribution is 0.0697. The number of anilines is 3. The Morgan fingerprint density at radius 3 is 2.85 bits per heavy atom. The highest BCUT2D eigenvalue weighted by molar-refractivity contribution is 7.15. The van der Waals surface area contributed by atoms with Crippen LogP contribution in [0.1, 0.15) is 33.8 Å². The van der Waals surface area contributed by atoms with Crippen LogP contribution in [0.5, 0.6) is 0 Å². The number of hydrogen-bond donors (Lipinski definition) is 3. The van der Waals surface area contributed by atoms with Gasteiger partial charge in [-0.05, 0) is 43.9 Å². The third-order valence-corrected chi connectivity index (χ3v) is 4.46. The summed E-state index contributed by atoms with van der Waals surface area (Å²) >= 11 is 1.66. The molecule has 1 aliphatic rings. The Bertz CT molecular complexity index is 643. The molecule has 104 valence electrons. The van der Waals surface area contributed by atoms with Gasteiger partial charge in [-0.3, -0.25) is 0 Å². The Morgan fingerprint density at radius 2 is 2.15 bits per heavy atom. The first kappa shape index (κ1) is 12.9. The van der Waals surface area contributed by atoms with Crippen molar-refractivity contribution in [1.29, 1.82) is 0 Å². The zero-order valence-corrected chi connectivity index (χ0v) is 11.7. The van der Waals surface area contributed by atoms with E-state index in [9.17, 15) is 4.79 Å². The van der Waals surface area contributed by atoms with Gasteiger partial charge in [-0.2, -0.15) is 0 Å². The van der Waals surface area contributed by atoms with Crippen LogP contribution in [0.15, 0.2) is 18.2 Å². The van der Waals surface area contributed by atoms with Crippen LogP contribution in [0.4, 0.5) is 16.5 Å². The van der Waals surface area contributed by atoms with E-state index in [4.69, 9.17) is 10.8 Å². The molecule has 0 atom stereocenters. The molecule has 2 aromatic rings. The Balaban J connectivity index is 1.84. The summed E-state index contributed by atoms with van der Waals surface area (Å²) in [6.07, 6.45) is 4.57. The molecular formula is C14H15N3O2S.